The molecular weight excluding hydrogens is 256 g/mol. The van der Waals surface area contributed by atoms with E-state index in [0.717, 1.165) is 39.4 Å². The van der Waals surface area contributed by atoms with Crippen molar-refractivity contribution < 1.29 is 9.47 Å². The lowest BCUT2D eigenvalue weighted by atomic mass is 9.81. The molecule has 4 N–H and O–H groups in total. The van der Waals surface area contributed by atoms with Crippen LogP contribution in [0.4, 0.5) is 0 Å². The van der Waals surface area contributed by atoms with Crippen LogP contribution < -0.4 is 11.7 Å². The summed E-state index contributed by atoms with van der Waals surface area (Å²) < 4.78 is 10.5. The van der Waals surface area contributed by atoms with Crippen molar-refractivity contribution in [3.05, 3.63) is 0 Å². The smallest absolute Gasteiger partial charge is 0.0950 e. The summed E-state index contributed by atoms with van der Waals surface area (Å²) in [7, 11) is 0. The molecule has 0 aromatic carbocycles. The molecule has 4 unspecified atom stereocenters. The molecule has 0 bridgehead atoms. The lowest BCUT2D eigenvalue weighted by molar-refractivity contribution is 0.134. The number of hydrogen-bond donors (Lipinski definition) is 2. The van der Waals surface area contributed by atoms with Gasteiger partial charge in [-0.3, -0.25) is 11.7 Å². The summed E-state index contributed by atoms with van der Waals surface area (Å²) in [5.41, 5.74) is 0. The van der Waals surface area contributed by atoms with Crippen molar-refractivity contribution in [1.82, 2.24) is 10.0 Å². The predicted molar refractivity (Wildman–Crippen MR) is 76.4 cm³/mol. The second-order valence-electron chi connectivity index (χ2n) is 6.72. The minimum Gasteiger partial charge on any atom is -0.372 e. The SMILES string of the molecule is NN(CC1CCCC(CN(N)CC2CO2)C1)CC1CO1. The van der Waals surface area contributed by atoms with E-state index in [1.54, 1.807) is 0 Å². The molecule has 0 amide bonds. The zero-order valence-corrected chi connectivity index (χ0v) is 12.2. The van der Waals surface area contributed by atoms with Crippen molar-refractivity contribution in [2.75, 3.05) is 39.4 Å². The van der Waals surface area contributed by atoms with Gasteiger partial charge >= 0.3 is 0 Å². The fourth-order valence-electron chi connectivity index (χ4n) is 3.42. The quantitative estimate of drug-likeness (QED) is 0.369. The van der Waals surface area contributed by atoms with Gasteiger partial charge in [0, 0.05) is 26.2 Å². The van der Waals surface area contributed by atoms with Gasteiger partial charge in [0.2, 0.25) is 0 Å². The molecule has 2 saturated heterocycles. The molecule has 1 aliphatic carbocycles. The van der Waals surface area contributed by atoms with Gasteiger partial charge in [0.05, 0.1) is 25.4 Å². The zero-order chi connectivity index (χ0) is 13.9. The van der Waals surface area contributed by atoms with Crippen LogP contribution in [-0.2, 0) is 9.47 Å². The molecule has 2 heterocycles. The van der Waals surface area contributed by atoms with Gasteiger partial charge in [-0.05, 0) is 31.1 Å². The molecule has 6 heteroatoms. The number of rotatable bonds is 8. The highest BCUT2D eigenvalue weighted by Crippen LogP contribution is 2.30. The Kier molecular flexibility index (Phi) is 4.91. The van der Waals surface area contributed by atoms with E-state index >= 15 is 0 Å². The minimum atomic E-state index is 0.387. The summed E-state index contributed by atoms with van der Waals surface area (Å²) in [6, 6.07) is 0. The largest absolute Gasteiger partial charge is 0.372 e. The molecule has 20 heavy (non-hydrogen) atoms. The molecule has 0 aromatic heterocycles. The Labute approximate surface area is 121 Å². The van der Waals surface area contributed by atoms with Crippen molar-refractivity contribution in [3.8, 4) is 0 Å². The molecule has 0 radical (unpaired) electrons. The summed E-state index contributed by atoms with van der Waals surface area (Å²) in [6.45, 7) is 5.50. The van der Waals surface area contributed by atoms with Crippen molar-refractivity contribution in [2.45, 2.75) is 37.9 Å². The Morgan fingerprint density at radius 1 is 0.800 bits per heavy atom. The molecule has 3 aliphatic rings. The first-order valence-corrected chi connectivity index (χ1v) is 7.91. The summed E-state index contributed by atoms with van der Waals surface area (Å²) in [6.07, 6.45) is 5.92. The summed E-state index contributed by atoms with van der Waals surface area (Å²) in [4.78, 5) is 0. The monoisotopic (exact) mass is 284 g/mol. The summed E-state index contributed by atoms with van der Waals surface area (Å²) in [5, 5.41) is 3.89. The third kappa shape index (κ3) is 4.95. The van der Waals surface area contributed by atoms with Gasteiger partial charge in [-0.1, -0.05) is 6.42 Å². The third-order valence-electron chi connectivity index (χ3n) is 4.56. The highest BCUT2D eigenvalue weighted by molar-refractivity contribution is 4.80. The normalized spacial score (nSPS) is 36.6. The Morgan fingerprint density at radius 2 is 1.25 bits per heavy atom. The standard InChI is InChI=1S/C14H28N4O2/c15-17(7-13-9-19-13)5-11-2-1-3-12(4-11)6-18(16)8-14-10-20-14/h11-14H,1-10,15-16H2. The molecule has 3 fully saturated rings. The molecule has 2 aliphatic heterocycles. The van der Waals surface area contributed by atoms with Crippen LogP contribution in [-0.4, -0.2) is 61.6 Å². The van der Waals surface area contributed by atoms with Gasteiger partial charge in [0.15, 0.2) is 0 Å². The van der Waals surface area contributed by atoms with E-state index in [4.69, 9.17) is 21.2 Å². The Balaban J connectivity index is 1.36. The predicted octanol–water partition coefficient (Wildman–Crippen LogP) is -0.0582. The van der Waals surface area contributed by atoms with Gasteiger partial charge < -0.3 is 9.47 Å². The fourth-order valence-corrected chi connectivity index (χ4v) is 3.42. The van der Waals surface area contributed by atoms with Crippen molar-refractivity contribution in [3.63, 3.8) is 0 Å². The number of nitrogens with zero attached hydrogens (tertiary/aromatic N) is 2. The van der Waals surface area contributed by atoms with Gasteiger partial charge in [-0.25, -0.2) is 10.0 Å². The molecule has 0 aromatic rings. The van der Waals surface area contributed by atoms with Crippen molar-refractivity contribution >= 4 is 0 Å². The topological polar surface area (TPSA) is 83.6 Å². The first-order valence-electron chi connectivity index (χ1n) is 7.91. The maximum Gasteiger partial charge on any atom is 0.0950 e. The van der Waals surface area contributed by atoms with Gasteiger partial charge in [0.25, 0.3) is 0 Å². The Bertz CT molecular complexity index is 282. The van der Waals surface area contributed by atoms with E-state index in [0.29, 0.717) is 24.0 Å². The molecule has 1 saturated carbocycles. The van der Waals surface area contributed by atoms with Crippen LogP contribution in [0.1, 0.15) is 25.7 Å². The highest BCUT2D eigenvalue weighted by atomic mass is 16.6. The zero-order valence-electron chi connectivity index (χ0n) is 12.2. The molecule has 6 nitrogen and oxygen atoms in total. The van der Waals surface area contributed by atoms with Crippen LogP contribution in [0, 0.1) is 11.8 Å². The first kappa shape index (κ1) is 14.7. The maximum atomic E-state index is 6.07. The van der Waals surface area contributed by atoms with Crippen molar-refractivity contribution in [2.24, 2.45) is 23.5 Å². The second kappa shape index (κ2) is 6.68. The summed E-state index contributed by atoms with van der Waals surface area (Å²) in [5.74, 6) is 13.6. The lowest BCUT2D eigenvalue weighted by Crippen LogP contribution is -2.42. The third-order valence-corrected chi connectivity index (χ3v) is 4.56. The molecule has 116 valence electrons. The Hall–Kier alpha value is -0.240. The van der Waals surface area contributed by atoms with Crippen LogP contribution in [0.25, 0.3) is 0 Å². The van der Waals surface area contributed by atoms with E-state index in [1.807, 2.05) is 10.0 Å². The van der Waals surface area contributed by atoms with Crippen LogP contribution in [0.3, 0.4) is 0 Å². The van der Waals surface area contributed by atoms with Crippen molar-refractivity contribution in [1.29, 1.82) is 0 Å². The average Bonchev–Trinajstić information content (AvgIpc) is 3.26. The lowest BCUT2D eigenvalue weighted by Gasteiger charge is -2.33. The maximum absolute atomic E-state index is 6.07. The van der Waals surface area contributed by atoms with Gasteiger partial charge in [-0.2, -0.15) is 0 Å². The molecular formula is C14H28N4O2. The Morgan fingerprint density at radius 3 is 1.65 bits per heavy atom. The van der Waals surface area contributed by atoms with E-state index in [2.05, 4.69) is 0 Å². The molecule has 4 atom stereocenters. The highest BCUT2D eigenvalue weighted by Gasteiger charge is 2.29. The average molecular weight is 284 g/mol. The number of epoxide rings is 2. The number of hydrazine groups is 2. The summed E-state index contributed by atoms with van der Waals surface area (Å²) >= 11 is 0. The molecule has 0 spiro atoms. The van der Waals surface area contributed by atoms with E-state index in [1.165, 1.54) is 25.7 Å². The molecule has 3 rings (SSSR count). The van der Waals surface area contributed by atoms with E-state index in [-0.39, 0.29) is 0 Å². The van der Waals surface area contributed by atoms with Gasteiger partial charge in [-0.15, -0.1) is 0 Å². The number of ether oxygens (including phenoxy) is 2. The number of nitrogens with two attached hydrogens (primary N) is 2. The van der Waals surface area contributed by atoms with E-state index < -0.39 is 0 Å². The first-order chi connectivity index (χ1) is 9.69. The number of hydrogen-bond acceptors (Lipinski definition) is 6. The van der Waals surface area contributed by atoms with Crippen LogP contribution in [0.15, 0.2) is 0 Å². The minimum absolute atomic E-state index is 0.387. The second-order valence-corrected chi connectivity index (χ2v) is 6.72. The van der Waals surface area contributed by atoms with Crippen LogP contribution in [0.5, 0.6) is 0 Å². The fraction of sp³-hybridized carbons (Fsp3) is 1.00. The van der Waals surface area contributed by atoms with Crippen LogP contribution >= 0.6 is 0 Å². The van der Waals surface area contributed by atoms with E-state index in [9.17, 15) is 0 Å². The van der Waals surface area contributed by atoms with Crippen LogP contribution in [0.2, 0.25) is 0 Å². The van der Waals surface area contributed by atoms with Gasteiger partial charge in [0.1, 0.15) is 0 Å².